The maximum Gasteiger partial charge on any atom is 1.00 e. The normalized spacial score (nSPS) is 10.7. The Morgan fingerprint density at radius 2 is 1.85 bits per heavy atom. The molecule has 0 spiro atoms. The van der Waals surface area contributed by atoms with Gasteiger partial charge in [-0.1, -0.05) is 0 Å². The summed E-state index contributed by atoms with van der Waals surface area (Å²) in [5.74, 6) is -1.13. The van der Waals surface area contributed by atoms with Crippen LogP contribution in [0, 0.1) is 0 Å². The molecule has 0 rings (SSSR count). The van der Waals surface area contributed by atoms with Crippen LogP contribution in [0.25, 0.3) is 0 Å². The average Bonchev–Trinajstić information content (AvgIpc) is 1.83. The van der Waals surface area contributed by atoms with Crippen LogP contribution in [0.15, 0.2) is 0 Å². The molecule has 0 aliphatic heterocycles. The molecule has 0 heterocycles. The summed E-state index contributed by atoms with van der Waals surface area (Å²) in [5.41, 5.74) is 0. The Balaban J connectivity index is 0. The molecule has 2 nitrogen and oxygen atoms in total. The van der Waals surface area contributed by atoms with E-state index in [9.17, 15) is 23.1 Å². The van der Waals surface area contributed by atoms with Crippen LogP contribution in [0.2, 0.25) is 0 Å². The van der Waals surface area contributed by atoms with E-state index in [0.717, 1.165) is 11.8 Å². The maximum atomic E-state index is 11.5. The number of carboxylic acids is 1. The van der Waals surface area contributed by atoms with Crippen LogP contribution >= 0.6 is 11.8 Å². The summed E-state index contributed by atoms with van der Waals surface area (Å²) in [4.78, 5) is 9.81. The van der Waals surface area contributed by atoms with E-state index in [0.29, 0.717) is 0 Å². The van der Waals surface area contributed by atoms with Crippen molar-refractivity contribution < 1.29 is 41.9 Å². The van der Waals surface area contributed by atoms with Gasteiger partial charge in [-0.3, -0.25) is 0 Å². The van der Waals surface area contributed by atoms with Gasteiger partial charge < -0.3 is 9.90 Å². The van der Waals surface area contributed by atoms with Crippen molar-refractivity contribution in [2.45, 2.75) is 19.0 Å². The smallest absolute Gasteiger partial charge is 0.550 e. The van der Waals surface area contributed by atoms with Gasteiger partial charge in [-0.2, -0.15) is 24.9 Å². The topological polar surface area (TPSA) is 40.1 Å². The first kappa shape index (κ1) is 15.7. The van der Waals surface area contributed by atoms with E-state index in [1.807, 2.05) is 0 Å². The summed E-state index contributed by atoms with van der Waals surface area (Å²) < 4.78 is 34.5. The maximum absolute atomic E-state index is 11.5. The first-order valence-corrected chi connectivity index (χ1v) is 4.41. The number of hydrogen-bond acceptors (Lipinski definition) is 3. The third-order valence-electron chi connectivity index (χ3n) is 0.980. The number of rotatable bonds is 5. The van der Waals surface area contributed by atoms with E-state index in [1.54, 1.807) is 0 Å². The molecule has 0 fully saturated rings. The molecule has 0 saturated carbocycles. The Hall–Kier alpha value is 0.207. The van der Waals surface area contributed by atoms with Crippen LogP contribution in [-0.2, 0) is 4.79 Å². The van der Waals surface area contributed by atoms with Crippen LogP contribution in [0.5, 0.6) is 0 Å². The van der Waals surface area contributed by atoms with Crippen molar-refractivity contribution in [3.05, 3.63) is 0 Å². The van der Waals surface area contributed by atoms with Gasteiger partial charge in [-0.15, -0.1) is 0 Å². The predicted molar refractivity (Wildman–Crippen MR) is 37.6 cm³/mol. The van der Waals surface area contributed by atoms with Crippen molar-refractivity contribution in [1.82, 2.24) is 0 Å². The molecule has 0 aliphatic carbocycles. The summed E-state index contributed by atoms with van der Waals surface area (Å²) in [7, 11) is 0. The molecule has 0 unspecified atom stereocenters. The molecule has 72 valence electrons. The fraction of sp³-hybridized carbons (Fsp3) is 0.833. The molecule has 13 heavy (non-hydrogen) atoms. The zero-order chi connectivity index (χ0) is 9.61. The standard InChI is InChI=1S/C6H9F3O2S.Li/c7-6(8,9)2-4-12-3-1-5(10)11;/h1-4H2,(H,10,11);/q;+1/p-1. The third kappa shape index (κ3) is 15.0. The molecule has 0 bridgehead atoms. The molecular formula is C6H8F3LiO2S. The van der Waals surface area contributed by atoms with Crippen molar-refractivity contribution in [3.63, 3.8) is 0 Å². The van der Waals surface area contributed by atoms with Crippen molar-refractivity contribution in [1.29, 1.82) is 0 Å². The SMILES string of the molecule is O=C([O-])CCSCCC(F)(F)F.[Li+]. The van der Waals surface area contributed by atoms with Gasteiger partial charge in [0.15, 0.2) is 0 Å². The van der Waals surface area contributed by atoms with Gasteiger partial charge in [0.25, 0.3) is 0 Å². The zero-order valence-corrected chi connectivity index (χ0v) is 8.00. The van der Waals surface area contributed by atoms with E-state index in [-0.39, 0.29) is 36.8 Å². The number of halogens is 3. The minimum absolute atomic E-state index is 0. The van der Waals surface area contributed by atoms with E-state index in [1.165, 1.54) is 0 Å². The van der Waals surface area contributed by atoms with E-state index < -0.39 is 18.6 Å². The Morgan fingerprint density at radius 1 is 1.31 bits per heavy atom. The van der Waals surface area contributed by atoms with Gasteiger partial charge in [0, 0.05) is 11.7 Å². The van der Waals surface area contributed by atoms with Gasteiger partial charge in [-0.25, -0.2) is 0 Å². The van der Waals surface area contributed by atoms with Crippen molar-refractivity contribution in [2.75, 3.05) is 11.5 Å². The first-order chi connectivity index (χ1) is 5.42. The van der Waals surface area contributed by atoms with Gasteiger partial charge in [-0.05, 0) is 12.2 Å². The molecule has 0 amide bonds. The Bertz CT molecular complexity index is 151. The monoisotopic (exact) mass is 208 g/mol. The zero-order valence-electron chi connectivity index (χ0n) is 7.19. The van der Waals surface area contributed by atoms with Crippen LogP contribution < -0.4 is 24.0 Å². The second-order valence-electron chi connectivity index (χ2n) is 2.10. The van der Waals surface area contributed by atoms with Gasteiger partial charge >= 0.3 is 25.0 Å². The summed E-state index contributed by atoms with van der Waals surface area (Å²) in [6, 6.07) is 0. The number of hydrogen-bond donors (Lipinski definition) is 0. The number of carbonyl (C=O) groups excluding carboxylic acids is 1. The minimum atomic E-state index is -4.14. The van der Waals surface area contributed by atoms with Gasteiger partial charge in [0.05, 0.1) is 6.42 Å². The van der Waals surface area contributed by atoms with E-state index >= 15 is 0 Å². The number of carboxylic acid groups (broad SMARTS) is 1. The van der Waals surface area contributed by atoms with Crippen LogP contribution in [0.3, 0.4) is 0 Å². The van der Waals surface area contributed by atoms with Crippen molar-refractivity contribution in [3.8, 4) is 0 Å². The van der Waals surface area contributed by atoms with Crippen LogP contribution in [0.4, 0.5) is 13.2 Å². The number of thioether (sulfide) groups is 1. The van der Waals surface area contributed by atoms with Gasteiger partial charge in [0.2, 0.25) is 0 Å². The Kier molecular flexibility index (Phi) is 9.16. The number of alkyl halides is 3. The number of carbonyl (C=O) groups is 1. The quantitative estimate of drug-likeness (QED) is 0.381. The molecule has 0 atom stereocenters. The second kappa shape index (κ2) is 7.60. The molecule has 0 radical (unpaired) electrons. The van der Waals surface area contributed by atoms with E-state index in [2.05, 4.69) is 0 Å². The molecule has 0 aromatic carbocycles. The molecule has 0 aromatic heterocycles. The Morgan fingerprint density at radius 3 is 2.23 bits per heavy atom. The van der Waals surface area contributed by atoms with Crippen molar-refractivity contribution in [2.24, 2.45) is 0 Å². The molecule has 7 heteroatoms. The molecule has 0 aromatic rings. The molecule has 0 N–H and O–H groups in total. The fourth-order valence-electron chi connectivity index (χ4n) is 0.445. The summed E-state index contributed by atoms with van der Waals surface area (Å²) in [6.07, 6.45) is -5.21. The Labute approximate surface area is 90.4 Å². The van der Waals surface area contributed by atoms with Crippen molar-refractivity contribution >= 4 is 17.7 Å². The second-order valence-corrected chi connectivity index (χ2v) is 3.32. The molecule has 0 aliphatic rings. The minimum Gasteiger partial charge on any atom is -0.550 e. The van der Waals surface area contributed by atoms with Gasteiger partial charge in [0.1, 0.15) is 0 Å². The van der Waals surface area contributed by atoms with Crippen LogP contribution in [0.1, 0.15) is 12.8 Å². The summed E-state index contributed by atoms with van der Waals surface area (Å²) in [5, 5.41) is 9.81. The molecule has 0 saturated heterocycles. The van der Waals surface area contributed by atoms with Crippen LogP contribution in [-0.4, -0.2) is 23.7 Å². The summed E-state index contributed by atoms with van der Waals surface area (Å²) >= 11 is 0.968. The van der Waals surface area contributed by atoms with E-state index in [4.69, 9.17) is 0 Å². The third-order valence-corrected chi connectivity index (χ3v) is 1.97. The first-order valence-electron chi connectivity index (χ1n) is 3.26. The number of aliphatic carboxylic acids is 1. The largest absolute Gasteiger partial charge is 1.00 e. The molecular weight excluding hydrogens is 200 g/mol. The fourth-order valence-corrected chi connectivity index (χ4v) is 1.34. The summed E-state index contributed by atoms with van der Waals surface area (Å²) in [6.45, 7) is 0. The predicted octanol–water partition coefficient (Wildman–Crippen LogP) is -2.18. The average molecular weight is 208 g/mol.